The van der Waals surface area contributed by atoms with Crippen LogP contribution in [0.3, 0.4) is 0 Å². The summed E-state index contributed by atoms with van der Waals surface area (Å²) in [5, 5.41) is 4.79. The van der Waals surface area contributed by atoms with Gasteiger partial charge in [0.05, 0.1) is 0 Å². The minimum Gasteiger partial charge on any atom is -0.238 e. The summed E-state index contributed by atoms with van der Waals surface area (Å²) in [4.78, 5) is 7.88. The summed E-state index contributed by atoms with van der Waals surface area (Å²) < 4.78 is 0.947. The minimum atomic E-state index is 0.924. The second-order valence-electron chi connectivity index (χ2n) is 2.67. The zero-order valence-electron chi connectivity index (χ0n) is 8.81. The van der Waals surface area contributed by atoms with E-state index >= 15 is 0 Å². The van der Waals surface area contributed by atoms with Crippen LogP contribution in [0, 0.1) is 11.8 Å². The molecule has 0 saturated carbocycles. The van der Waals surface area contributed by atoms with Gasteiger partial charge in [-0.25, -0.2) is 9.97 Å². The van der Waals surface area contributed by atoms with Crippen LogP contribution in [0.2, 0.25) is 0 Å². The van der Waals surface area contributed by atoms with Crippen LogP contribution < -0.4 is 0 Å². The van der Waals surface area contributed by atoms with E-state index in [9.17, 15) is 0 Å². The van der Waals surface area contributed by atoms with Crippen LogP contribution >= 0.6 is 38.6 Å². The average Bonchev–Trinajstić information content (AvgIpc) is 2.92. The van der Waals surface area contributed by atoms with Crippen molar-refractivity contribution in [2.75, 3.05) is 0 Å². The molecule has 5 heteroatoms. The van der Waals surface area contributed by atoms with Crippen molar-refractivity contribution >= 4 is 38.6 Å². The Morgan fingerprint density at radius 1 is 1.25 bits per heavy atom. The van der Waals surface area contributed by atoms with Gasteiger partial charge < -0.3 is 0 Å². The maximum absolute atomic E-state index is 4.03. The number of unbranched alkanes of at least 4 members (excludes halogenated alkanes) is 1. The van der Waals surface area contributed by atoms with Crippen molar-refractivity contribution in [2.45, 2.75) is 19.8 Å². The maximum atomic E-state index is 4.03. The van der Waals surface area contributed by atoms with E-state index in [0.29, 0.717) is 0 Å². The molecule has 0 N–H and O–H groups in total. The molecule has 0 saturated heterocycles. The van der Waals surface area contributed by atoms with Crippen molar-refractivity contribution in [2.24, 2.45) is 0 Å². The largest absolute Gasteiger partial charge is 0.238 e. The van der Waals surface area contributed by atoms with Gasteiger partial charge in [-0.2, -0.15) is 0 Å². The average molecular weight is 315 g/mol. The molecule has 16 heavy (non-hydrogen) atoms. The molecule has 0 bridgehead atoms. The van der Waals surface area contributed by atoms with Crippen molar-refractivity contribution in [3.05, 3.63) is 32.1 Å². The van der Waals surface area contributed by atoms with E-state index in [1.54, 1.807) is 35.1 Å². The number of hydrogen-bond acceptors (Lipinski definition) is 4. The highest BCUT2D eigenvalue weighted by Gasteiger charge is 1.83. The molecule has 2 heterocycles. The fraction of sp³-hybridized carbons (Fsp3) is 0.273. The first-order chi connectivity index (χ1) is 7.83. The number of aromatic nitrogens is 2. The van der Waals surface area contributed by atoms with Gasteiger partial charge in [-0.3, -0.25) is 0 Å². The fourth-order valence-electron chi connectivity index (χ4n) is 0.754. The van der Waals surface area contributed by atoms with E-state index in [1.807, 2.05) is 10.8 Å². The van der Waals surface area contributed by atoms with Gasteiger partial charge in [0.25, 0.3) is 0 Å². The molecule has 0 aliphatic heterocycles. The van der Waals surface area contributed by atoms with Gasteiger partial charge in [-0.05, 0) is 28.3 Å². The van der Waals surface area contributed by atoms with Gasteiger partial charge in [0.15, 0.2) is 8.92 Å². The first-order valence-electron chi connectivity index (χ1n) is 4.76. The summed E-state index contributed by atoms with van der Waals surface area (Å²) in [6.45, 7) is 2.12. The predicted molar refractivity (Wildman–Crippen MR) is 73.7 cm³/mol. The highest BCUT2D eigenvalue weighted by atomic mass is 79.9. The lowest BCUT2D eigenvalue weighted by Gasteiger charge is -1.76. The second kappa shape index (κ2) is 8.45. The molecule has 0 atom stereocenters. The monoisotopic (exact) mass is 314 g/mol. The van der Waals surface area contributed by atoms with E-state index in [-0.39, 0.29) is 0 Å². The predicted octanol–water partition coefficient (Wildman–Crippen LogP) is 4.20. The summed E-state index contributed by atoms with van der Waals surface area (Å²) in [6.07, 6.45) is 5.63. The van der Waals surface area contributed by atoms with Crippen molar-refractivity contribution in [1.29, 1.82) is 0 Å². The van der Waals surface area contributed by atoms with Crippen LogP contribution in [0.5, 0.6) is 0 Å². The van der Waals surface area contributed by atoms with Crippen LogP contribution in [0.25, 0.3) is 0 Å². The van der Waals surface area contributed by atoms with E-state index < -0.39 is 0 Å². The first-order valence-corrected chi connectivity index (χ1v) is 7.31. The number of hydrogen-bond donors (Lipinski definition) is 0. The highest BCUT2D eigenvalue weighted by molar-refractivity contribution is 9.11. The third kappa shape index (κ3) is 6.01. The molecule has 2 rings (SSSR count). The zero-order chi connectivity index (χ0) is 11.6. The lowest BCUT2D eigenvalue weighted by atomic mass is 10.3. The summed E-state index contributed by atoms with van der Waals surface area (Å²) in [5.74, 6) is 6.02. The topological polar surface area (TPSA) is 25.8 Å². The van der Waals surface area contributed by atoms with E-state index in [2.05, 4.69) is 44.7 Å². The molecule has 2 aromatic heterocycles. The van der Waals surface area contributed by atoms with Gasteiger partial charge in [-0.15, -0.1) is 22.7 Å². The molecule has 0 amide bonds. The van der Waals surface area contributed by atoms with Crippen molar-refractivity contribution in [1.82, 2.24) is 9.97 Å². The van der Waals surface area contributed by atoms with Crippen LogP contribution in [-0.4, -0.2) is 9.97 Å². The Bertz CT molecular complexity index is 426. The first kappa shape index (κ1) is 13.4. The lowest BCUT2D eigenvalue weighted by Crippen LogP contribution is -1.67. The highest BCUT2D eigenvalue weighted by Crippen LogP contribution is 2.10. The molecule has 0 aromatic carbocycles. The van der Waals surface area contributed by atoms with Crippen LogP contribution in [0.15, 0.2) is 27.1 Å². The third-order valence-electron chi connectivity index (χ3n) is 1.40. The van der Waals surface area contributed by atoms with Crippen LogP contribution in [0.4, 0.5) is 0 Å². The quantitative estimate of drug-likeness (QED) is 0.737. The Labute approximate surface area is 112 Å². The van der Waals surface area contributed by atoms with Crippen molar-refractivity contribution in [3.8, 4) is 11.8 Å². The number of nitrogens with zero attached hydrogens (tertiary/aromatic N) is 2. The molecule has 0 aliphatic carbocycles. The molecule has 84 valence electrons. The number of halogens is 1. The number of rotatable bonds is 1. The van der Waals surface area contributed by atoms with Gasteiger partial charge in [0.2, 0.25) is 0 Å². The molecule has 0 unspecified atom stereocenters. The minimum absolute atomic E-state index is 0.924. The zero-order valence-corrected chi connectivity index (χ0v) is 12.0. The Kier molecular flexibility index (Phi) is 7.06. The number of thiazole rings is 2. The molecule has 0 spiro atoms. The molecule has 2 nitrogen and oxygen atoms in total. The van der Waals surface area contributed by atoms with Crippen molar-refractivity contribution < 1.29 is 0 Å². The molecular formula is C11H11BrN2S2. The smallest absolute Gasteiger partial charge is 0.166 e. The van der Waals surface area contributed by atoms with E-state index in [1.165, 1.54) is 0 Å². The molecule has 0 fully saturated rings. The Hall–Kier alpha value is -0.700. The van der Waals surface area contributed by atoms with E-state index in [0.717, 1.165) is 21.8 Å². The molecule has 2 aromatic rings. The molecule has 0 radical (unpaired) electrons. The second-order valence-corrected chi connectivity index (χ2v) is 5.74. The lowest BCUT2D eigenvalue weighted by molar-refractivity contribution is 0.983. The Morgan fingerprint density at radius 2 is 2.00 bits per heavy atom. The normalized spacial score (nSPS) is 8.62. The molecular weight excluding hydrogens is 304 g/mol. The van der Waals surface area contributed by atoms with Crippen LogP contribution in [0.1, 0.15) is 24.8 Å². The van der Waals surface area contributed by atoms with E-state index in [4.69, 9.17) is 0 Å². The summed E-state index contributed by atoms with van der Waals surface area (Å²) in [6, 6.07) is 0. The van der Waals surface area contributed by atoms with Gasteiger partial charge in [-0.1, -0.05) is 12.8 Å². The summed E-state index contributed by atoms with van der Waals surface area (Å²) in [5.41, 5.74) is 0. The van der Waals surface area contributed by atoms with Crippen LogP contribution in [-0.2, 0) is 0 Å². The summed E-state index contributed by atoms with van der Waals surface area (Å²) >= 11 is 6.36. The fourth-order valence-corrected chi connectivity index (χ4v) is 2.06. The SMILES string of the molecule is Brc1nccs1.CCCC#Cc1nccs1. The van der Waals surface area contributed by atoms with Crippen molar-refractivity contribution in [3.63, 3.8) is 0 Å². The van der Waals surface area contributed by atoms with Gasteiger partial charge in [0.1, 0.15) is 0 Å². The molecule has 0 aliphatic rings. The third-order valence-corrected chi connectivity index (χ3v) is 3.42. The summed E-state index contributed by atoms with van der Waals surface area (Å²) in [7, 11) is 0. The standard InChI is InChI=1S/C8H9NS.C3H2BrNS/c1-2-3-4-5-8-9-6-7-10-8;4-3-5-1-2-6-3/h6-7H,2-3H2,1H3;1-2H. The Balaban J connectivity index is 0.000000181. The Morgan fingerprint density at radius 3 is 2.44 bits per heavy atom. The van der Waals surface area contributed by atoms with Gasteiger partial charge in [0, 0.05) is 29.6 Å². The maximum Gasteiger partial charge on any atom is 0.166 e. The van der Waals surface area contributed by atoms with Gasteiger partial charge >= 0.3 is 0 Å².